The first kappa shape index (κ1) is 17.0. The van der Waals surface area contributed by atoms with Gasteiger partial charge < -0.3 is 0 Å². The van der Waals surface area contributed by atoms with Gasteiger partial charge in [-0.1, -0.05) is 84.1 Å². The van der Waals surface area contributed by atoms with Crippen LogP contribution in [0.1, 0.15) is 12.5 Å². The zero-order chi connectivity index (χ0) is 17.1. The first-order valence-electron chi connectivity index (χ1n) is 7.32. The second-order valence-corrected chi connectivity index (χ2v) is 7.35. The van der Waals surface area contributed by atoms with Crippen LogP contribution in [0.15, 0.2) is 71.2 Å². The van der Waals surface area contributed by atoms with E-state index in [-0.39, 0.29) is 5.91 Å². The molecule has 3 rings (SSSR count). The van der Waals surface area contributed by atoms with Crippen molar-refractivity contribution in [2.45, 2.75) is 6.92 Å². The van der Waals surface area contributed by atoms with Gasteiger partial charge in [-0.3, -0.25) is 9.69 Å². The summed E-state index contributed by atoms with van der Waals surface area (Å²) in [5, 5.41) is 0.506. The van der Waals surface area contributed by atoms with E-state index in [9.17, 15) is 4.79 Å². The summed E-state index contributed by atoms with van der Waals surface area (Å²) in [6.45, 7) is 1.97. The summed E-state index contributed by atoms with van der Waals surface area (Å²) in [5.74, 6) is -0.140. The Morgan fingerprint density at radius 2 is 1.79 bits per heavy atom. The standard InChI is InChI=1S/C19H14ClNOS2/c1-13(11-14-7-3-2-4-8-14)12-17-18(22)21(19(23)24-17)16-10-6-5-9-15(16)20/h2-12H,1H3/b13-11-,17-12+. The zero-order valence-electron chi connectivity index (χ0n) is 12.9. The Hall–Kier alpha value is -1.88. The minimum atomic E-state index is -0.140. The molecule has 24 heavy (non-hydrogen) atoms. The third-order valence-electron chi connectivity index (χ3n) is 3.44. The van der Waals surface area contributed by atoms with Crippen molar-refractivity contribution in [1.82, 2.24) is 0 Å². The first-order chi connectivity index (χ1) is 11.6. The van der Waals surface area contributed by atoms with Gasteiger partial charge in [0.05, 0.1) is 15.6 Å². The van der Waals surface area contributed by atoms with Crippen LogP contribution >= 0.6 is 35.6 Å². The van der Waals surface area contributed by atoms with Gasteiger partial charge >= 0.3 is 0 Å². The Balaban J connectivity index is 1.89. The van der Waals surface area contributed by atoms with Gasteiger partial charge in [0.15, 0.2) is 4.32 Å². The SMILES string of the molecule is CC(=C/c1ccccc1)/C=C1/SC(=S)N(c2ccccc2Cl)C1=O. The second kappa shape index (κ2) is 7.34. The summed E-state index contributed by atoms with van der Waals surface area (Å²) >= 11 is 12.9. The van der Waals surface area contributed by atoms with Crippen LogP contribution in [0, 0.1) is 0 Å². The fourth-order valence-electron chi connectivity index (χ4n) is 2.37. The summed E-state index contributed by atoms with van der Waals surface area (Å²) in [5.41, 5.74) is 2.70. The predicted octanol–water partition coefficient (Wildman–Crippen LogP) is 5.69. The van der Waals surface area contributed by atoms with E-state index in [0.717, 1.165) is 11.1 Å². The fraction of sp³-hybridized carbons (Fsp3) is 0.0526. The highest BCUT2D eigenvalue weighted by Gasteiger charge is 2.34. The summed E-state index contributed by atoms with van der Waals surface area (Å²) in [4.78, 5) is 14.8. The number of allylic oxidation sites excluding steroid dienone is 2. The number of carbonyl (C=O) groups excluding carboxylic acids is 1. The van der Waals surface area contributed by atoms with Crippen LogP contribution < -0.4 is 4.90 Å². The van der Waals surface area contributed by atoms with Crippen molar-refractivity contribution in [2.24, 2.45) is 0 Å². The molecule has 1 fully saturated rings. The van der Waals surface area contributed by atoms with Gasteiger partial charge in [0, 0.05) is 0 Å². The molecule has 0 unspecified atom stereocenters. The van der Waals surface area contributed by atoms with Gasteiger partial charge in [0.1, 0.15) is 0 Å². The van der Waals surface area contributed by atoms with E-state index in [1.54, 1.807) is 12.1 Å². The Morgan fingerprint density at radius 3 is 2.50 bits per heavy atom. The maximum Gasteiger partial charge on any atom is 0.270 e. The highest BCUT2D eigenvalue weighted by molar-refractivity contribution is 8.27. The van der Waals surface area contributed by atoms with Gasteiger partial charge in [-0.25, -0.2) is 0 Å². The predicted molar refractivity (Wildman–Crippen MR) is 107 cm³/mol. The van der Waals surface area contributed by atoms with Crippen molar-refractivity contribution in [3.05, 3.63) is 81.7 Å². The van der Waals surface area contributed by atoms with E-state index >= 15 is 0 Å². The molecule has 0 aliphatic carbocycles. The molecule has 1 heterocycles. The molecule has 0 atom stereocenters. The van der Waals surface area contributed by atoms with Crippen LogP contribution in [-0.2, 0) is 4.79 Å². The van der Waals surface area contributed by atoms with Crippen molar-refractivity contribution < 1.29 is 4.79 Å². The van der Waals surface area contributed by atoms with Crippen molar-refractivity contribution in [1.29, 1.82) is 0 Å². The van der Waals surface area contributed by atoms with Gasteiger partial charge in [0.2, 0.25) is 0 Å². The Labute approximate surface area is 155 Å². The number of hydrogen-bond acceptors (Lipinski definition) is 3. The number of thiocarbonyl (C=S) groups is 1. The van der Waals surface area contributed by atoms with Gasteiger partial charge in [-0.15, -0.1) is 0 Å². The molecule has 120 valence electrons. The average Bonchev–Trinajstić information content (AvgIpc) is 2.83. The maximum absolute atomic E-state index is 12.7. The molecule has 1 aliphatic rings. The van der Waals surface area contributed by atoms with Crippen LogP contribution in [-0.4, -0.2) is 10.2 Å². The van der Waals surface area contributed by atoms with Crippen LogP contribution in [0.25, 0.3) is 6.08 Å². The quantitative estimate of drug-likeness (QED) is 0.510. The molecule has 1 amide bonds. The highest BCUT2D eigenvalue weighted by atomic mass is 35.5. The average molecular weight is 372 g/mol. The topological polar surface area (TPSA) is 20.3 Å². The number of benzene rings is 2. The summed E-state index contributed by atoms with van der Waals surface area (Å²) in [7, 11) is 0. The Morgan fingerprint density at radius 1 is 1.12 bits per heavy atom. The minimum Gasteiger partial charge on any atom is -0.268 e. The molecule has 2 aromatic carbocycles. The summed E-state index contributed by atoms with van der Waals surface area (Å²) in [6, 6.07) is 17.2. The molecule has 2 nitrogen and oxygen atoms in total. The van der Waals surface area contributed by atoms with Gasteiger partial charge in [-0.2, -0.15) is 0 Å². The van der Waals surface area contributed by atoms with Gasteiger partial charge in [-0.05, 0) is 36.3 Å². The molecule has 1 aliphatic heterocycles. The lowest BCUT2D eigenvalue weighted by Crippen LogP contribution is -2.27. The van der Waals surface area contributed by atoms with Crippen LogP contribution in [0.3, 0.4) is 0 Å². The summed E-state index contributed by atoms with van der Waals surface area (Å²) in [6.07, 6.45) is 3.89. The molecule has 0 bridgehead atoms. The van der Waals surface area contributed by atoms with E-state index in [4.69, 9.17) is 23.8 Å². The molecule has 0 N–H and O–H groups in total. The monoisotopic (exact) mass is 371 g/mol. The lowest BCUT2D eigenvalue weighted by Gasteiger charge is -2.15. The normalized spacial score (nSPS) is 17.0. The van der Waals surface area contributed by atoms with E-state index in [1.165, 1.54) is 16.7 Å². The molecule has 0 aromatic heterocycles. The van der Waals surface area contributed by atoms with Crippen molar-refractivity contribution in [3.8, 4) is 0 Å². The molecule has 0 saturated carbocycles. The molecule has 2 aromatic rings. The lowest BCUT2D eigenvalue weighted by atomic mass is 10.1. The largest absolute Gasteiger partial charge is 0.270 e. The van der Waals surface area contributed by atoms with E-state index in [0.29, 0.717) is 19.9 Å². The molecule has 1 saturated heterocycles. The van der Waals surface area contributed by atoms with Gasteiger partial charge in [0.25, 0.3) is 5.91 Å². The highest BCUT2D eigenvalue weighted by Crippen LogP contribution is 2.38. The molecular formula is C19H14ClNOS2. The number of para-hydroxylation sites is 1. The fourth-order valence-corrected chi connectivity index (χ4v) is 3.92. The number of halogens is 1. The molecule has 5 heteroatoms. The minimum absolute atomic E-state index is 0.140. The first-order valence-corrected chi connectivity index (χ1v) is 8.92. The molecule has 0 radical (unpaired) electrons. The number of nitrogens with zero attached hydrogens (tertiary/aromatic N) is 1. The third kappa shape index (κ3) is 3.61. The van der Waals surface area contributed by atoms with Crippen LogP contribution in [0.2, 0.25) is 5.02 Å². The smallest absolute Gasteiger partial charge is 0.268 e. The number of hydrogen-bond donors (Lipinski definition) is 0. The van der Waals surface area contributed by atoms with E-state index in [2.05, 4.69) is 0 Å². The van der Waals surface area contributed by atoms with E-state index < -0.39 is 0 Å². The molecule has 0 spiro atoms. The number of thioether (sulfide) groups is 1. The number of carbonyl (C=O) groups is 1. The Bertz CT molecular complexity index is 859. The van der Waals surface area contributed by atoms with Crippen molar-refractivity contribution in [2.75, 3.05) is 4.90 Å². The number of amides is 1. The maximum atomic E-state index is 12.7. The van der Waals surface area contributed by atoms with Crippen LogP contribution in [0.5, 0.6) is 0 Å². The van der Waals surface area contributed by atoms with Crippen molar-refractivity contribution in [3.63, 3.8) is 0 Å². The third-order valence-corrected chi connectivity index (χ3v) is 5.06. The van der Waals surface area contributed by atoms with Crippen molar-refractivity contribution >= 4 is 57.6 Å². The van der Waals surface area contributed by atoms with E-state index in [1.807, 2.05) is 61.5 Å². The second-order valence-electron chi connectivity index (χ2n) is 5.27. The number of rotatable bonds is 3. The number of anilines is 1. The van der Waals surface area contributed by atoms with Crippen LogP contribution in [0.4, 0.5) is 5.69 Å². The zero-order valence-corrected chi connectivity index (χ0v) is 15.3. The molecular weight excluding hydrogens is 358 g/mol. The Kier molecular flexibility index (Phi) is 5.19. The summed E-state index contributed by atoms with van der Waals surface area (Å²) < 4.78 is 0.492. The lowest BCUT2D eigenvalue weighted by molar-refractivity contribution is -0.113.